The first-order valence-corrected chi connectivity index (χ1v) is 11.4. The fourth-order valence-electron chi connectivity index (χ4n) is 4.70. The molecule has 0 spiro atoms. The van der Waals surface area contributed by atoms with Gasteiger partial charge in [0, 0.05) is 38.1 Å². The molecule has 2 aliphatic heterocycles. The maximum absolute atomic E-state index is 12.8. The molecule has 1 aromatic carbocycles. The van der Waals surface area contributed by atoms with Crippen molar-refractivity contribution in [2.75, 3.05) is 36.4 Å². The molecule has 3 aromatic rings. The monoisotopic (exact) mass is 445 g/mol. The second-order valence-electron chi connectivity index (χ2n) is 8.67. The van der Waals surface area contributed by atoms with Crippen molar-refractivity contribution in [3.8, 4) is 0 Å². The molecule has 0 unspecified atom stereocenters. The molecule has 33 heavy (non-hydrogen) atoms. The normalized spacial score (nSPS) is 19.0. The van der Waals surface area contributed by atoms with Crippen LogP contribution < -0.4 is 10.2 Å². The number of likely N-dealkylation sites (tertiary alicyclic amines) is 1. The van der Waals surface area contributed by atoms with Crippen molar-refractivity contribution in [3.05, 3.63) is 72.3 Å². The Bertz CT molecular complexity index is 1080. The second-order valence-corrected chi connectivity index (χ2v) is 8.67. The van der Waals surface area contributed by atoms with Crippen molar-refractivity contribution in [2.24, 2.45) is 5.92 Å². The van der Waals surface area contributed by atoms with Crippen LogP contribution in [0.2, 0.25) is 0 Å². The van der Waals surface area contributed by atoms with Gasteiger partial charge in [-0.25, -0.2) is 0 Å². The van der Waals surface area contributed by atoms with E-state index in [-0.39, 0.29) is 17.7 Å². The number of piperidine rings is 1. The average Bonchev–Trinajstić information content (AvgIpc) is 3.58. The minimum atomic E-state index is -0.0669. The van der Waals surface area contributed by atoms with E-state index in [4.69, 9.17) is 4.42 Å². The summed E-state index contributed by atoms with van der Waals surface area (Å²) in [6, 6.07) is 15.4. The van der Waals surface area contributed by atoms with Crippen molar-refractivity contribution in [3.63, 3.8) is 0 Å². The van der Waals surface area contributed by atoms with Crippen LogP contribution in [0.3, 0.4) is 0 Å². The molecule has 2 amide bonds. The van der Waals surface area contributed by atoms with E-state index in [1.807, 2.05) is 29.2 Å². The summed E-state index contributed by atoms with van der Waals surface area (Å²) in [5.74, 6) is 1.55. The van der Waals surface area contributed by atoms with Crippen molar-refractivity contribution < 1.29 is 14.0 Å². The van der Waals surface area contributed by atoms with Gasteiger partial charge in [0.15, 0.2) is 11.6 Å². The number of furan rings is 1. The van der Waals surface area contributed by atoms with Gasteiger partial charge < -0.3 is 19.5 Å². The van der Waals surface area contributed by atoms with Gasteiger partial charge in [-0.3, -0.25) is 9.59 Å². The third-order valence-corrected chi connectivity index (χ3v) is 6.61. The molecule has 2 fully saturated rings. The number of aromatic nitrogens is 2. The maximum atomic E-state index is 12.8. The molecule has 1 atom stereocenters. The third-order valence-electron chi connectivity index (χ3n) is 6.61. The van der Waals surface area contributed by atoms with Gasteiger partial charge in [-0.1, -0.05) is 12.1 Å². The van der Waals surface area contributed by atoms with E-state index in [1.165, 1.54) is 11.8 Å². The average molecular weight is 446 g/mol. The molecule has 0 saturated carbocycles. The van der Waals surface area contributed by atoms with Crippen LogP contribution >= 0.6 is 0 Å². The Morgan fingerprint density at radius 1 is 0.970 bits per heavy atom. The molecule has 8 heteroatoms. The summed E-state index contributed by atoms with van der Waals surface area (Å²) in [5.41, 5.74) is 2.06. The Morgan fingerprint density at radius 2 is 1.79 bits per heavy atom. The number of nitrogens with one attached hydrogen (secondary N) is 1. The number of carbonyl (C=O) groups is 2. The number of hydrogen-bond donors (Lipinski definition) is 1. The Morgan fingerprint density at radius 3 is 2.48 bits per heavy atom. The van der Waals surface area contributed by atoms with Crippen LogP contribution in [0.15, 0.2) is 65.4 Å². The molecule has 5 rings (SSSR count). The fraction of sp³-hybridized carbons (Fsp3) is 0.360. The summed E-state index contributed by atoms with van der Waals surface area (Å²) in [5, 5.41) is 11.1. The lowest BCUT2D eigenvalue weighted by Gasteiger charge is -2.31. The minimum Gasteiger partial charge on any atom is -0.459 e. The minimum absolute atomic E-state index is 0.0405. The lowest BCUT2D eigenvalue weighted by atomic mass is 9.89. The molecular weight excluding hydrogens is 418 g/mol. The summed E-state index contributed by atoms with van der Waals surface area (Å²) in [7, 11) is 0. The van der Waals surface area contributed by atoms with Crippen LogP contribution in [-0.2, 0) is 4.79 Å². The van der Waals surface area contributed by atoms with Crippen molar-refractivity contribution in [1.82, 2.24) is 15.1 Å². The Labute approximate surface area is 192 Å². The smallest absolute Gasteiger partial charge is 0.289 e. The van der Waals surface area contributed by atoms with E-state index >= 15 is 0 Å². The van der Waals surface area contributed by atoms with Crippen LogP contribution in [0.5, 0.6) is 0 Å². The highest BCUT2D eigenvalue weighted by Gasteiger charge is 2.29. The topological polar surface area (TPSA) is 91.6 Å². The van der Waals surface area contributed by atoms with Gasteiger partial charge in [-0.15, -0.1) is 5.10 Å². The quantitative estimate of drug-likeness (QED) is 0.646. The molecular formula is C25H27N5O3. The largest absolute Gasteiger partial charge is 0.459 e. The van der Waals surface area contributed by atoms with Gasteiger partial charge in [0.05, 0.1) is 12.2 Å². The first kappa shape index (κ1) is 21.2. The SMILES string of the molecule is O=C(Nc1ccc(C2CCN(C(=O)c3ccco3)CC2)cc1)[C@H]1CCN(c2cccnn2)C1. The molecule has 2 aromatic heterocycles. The number of anilines is 2. The summed E-state index contributed by atoms with van der Waals surface area (Å²) in [6.07, 6.45) is 5.81. The molecule has 0 aliphatic carbocycles. The Balaban J connectivity index is 1.12. The van der Waals surface area contributed by atoms with Crippen LogP contribution in [0.1, 0.15) is 41.3 Å². The third kappa shape index (κ3) is 4.74. The lowest BCUT2D eigenvalue weighted by molar-refractivity contribution is -0.119. The van der Waals surface area contributed by atoms with E-state index in [0.717, 1.165) is 37.3 Å². The van der Waals surface area contributed by atoms with Gasteiger partial charge >= 0.3 is 0 Å². The van der Waals surface area contributed by atoms with Crippen molar-refractivity contribution in [1.29, 1.82) is 0 Å². The molecule has 8 nitrogen and oxygen atoms in total. The molecule has 2 saturated heterocycles. The molecule has 1 N–H and O–H groups in total. The zero-order chi connectivity index (χ0) is 22.6. The first-order valence-electron chi connectivity index (χ1n) is 11.4. The lowest BCUT2D eigenvalue weighted by Crippen LogP contribution is -2.37. The van der Waals surface area contributed by atoms with E-state index < -0.39 is 0 Å². The summed E-state index contributed by atoms with van der Waals surface area (Å²) >= 11 is 0. The highest BCUT2D eigenvalue weighted by Crippen LogP contribution is 2.30. The van der Waals surface area contributed by atoms with E-state index in [0.29, 0.717) is 31.3 Å². The van der Waals surface area contributed by atoms with Gasteiger partial charge in [-0.05, 0) is 67.1 Å². The summed E-state index contributed by atoms with van der Waals surface area (Å²) < 4.78 is 5.24. The zero-order valence-corrected chi connectivity index (χ0v) is 18.4. The predicted octanol–water partition coefficient (Wildman–Crippen LogP) is 3.55. The molecule has 0 radical (unpaired) electrons. The zero-order valence-electron chi connectivity index (χ0n) is 18.4. The summed E-state index contributed by atoms with van der Waals surface area (Å²) in [6.45, 7) is 2.88. The molecule has 0 bridgehead atoms. The molecule has 170 valence electrons. The van der Waals surface area contributed by atoms with Crippen LogP contribution in [0.4, 0.5) is 11.5 Å². The van der Waals surface area contributed by atoms with Crippen LogP contribution in [-0.4, -0.2) is 53.1 Å². The number of amides is 2. The van der Waals surface area contributed by atoms with E-state index in [1.54, 1.807) is 18.3 Å². The number of nitrogens with zero attached hydrogens (tertiary/aromatic N) is 4. The molecule has 2 aliphatic rings. The van der Waals surface area contributed by atoms with Crippen molar-refractivity contribution in [2.45, 2.75) is 25.2 Å². The highest BCUT2D eigenvalue weighted by molar-refractivity contribution is 5.93. The van der Waals surface area contributed by atoms with E-state index in [9.17, 15) is 9.59 Å². The van der Waals surface area contributed by atoms with Crippen LogP contribution in [0, 0.1) is 5.92 Å². The van der Waals surface area contributed by atoms with Gasteiger partial charge in [0.2, 0.25) is 5.91 Å². The van der Waals surface area contributed by atoms with Gasteiger partial charge in [0.1, 0.15) is 0 Å². The number of benzene rings is 1. The number of hydrogen-bond acceptors (Lipinski definition) is 6. The second kappa shape index (κ2) is 9.44. The Hall–Kier alpha value is -3.68. The van der Waals surface area contributed by atoms with E-state index in [2.05, 4.69) is 32.5 Å². The number of rotatable bonds is 5. The molecule has 4 heterocycles. The maximum Gasteiger partial charge on any atom is 0.289 e. The van der Waals surface area contributed by atoms with Crippen molar-refractivity contribution >= 4 is 23.3 Å². The Kier molecular flexibility index (Phi) is 6.06. The highest BCUT2D eigenvalue weighted by atomic mass is 16.3. The summed E-state index contributed by atoms with van der Waals surface area (Å²) in [4.78, 5) is 29.2. The van der Waals surface area contributed by atoms with Crippen LogP contribution in [0.25, 0.3) is 0 Å². The number of carbonyl (C=O) groups excluding carboxylic acids is 2. The van der Waals surface area contributed by atoms with Gasteiger partial charge in [0.25, 0.3) is 5.91 Å². The fourth-order valence-corrected chi connectivity index (χ4v) is 4.70. The first-order chi connectivity index (χ1) is 16.2. The van der Waals surface area contributed by atoms with Gasteiger partial charge in [-0.2, -0.15) is 5.10 Å². The standard InChI is InChI=1S/C25H27N5O3/c31-24(20-11-15-30(17-20)23-4-1-12-26-28-23)27-21-7-5-18(6-8-21)19-9-13-29(14-10-19)25(32)22-3-2-16-33-22/h1-8,12,16,19-20H,9-11,13-15,17H2,(H,27,31)/t20-/m0/s1. The predicted molar refractivity (Wildman–Crippen MR) is 124 cm³/mol.